The van der Waals surface area contributed by atoms with Crippen LogP contribution in [0, 0.1) is 0 Å². The highest BCUT2D eigenvalue weighted by atomic mass is 16.5. The van der Waals surface area contributed by atoms with E-state index < -0.39 is 0 Å². The molecule has 0 atom stereocenters. The maximum Gasteiger partial charge on any atom is 0.128 e. The molecule has 0 saturated carbocycles. The molecular formula is C15H17N3O. The van der Waals surface area contributed by atoms with E-state index in [0.29, 0.717) is 0 Å². The number of fused-ring (bicyclic) bond motifs is 1. The van der Waals surface area contributed by atoms with Crippen LogP contribution in [-0.4, -0.2) is 21.5 Å². The molecule has 0 radical (unpaired) electrons. The van der Waals surface area contributed by atoms with Crippen LogP contribution in [0.4, 0.5) is 0 Å². The Morgan fingerprint density at radius 2 is 2.16 bits per heavy atom. The van der Waals surface area contributed by atoms with Crippen molar-refractivity contribution in [3.8, 4) is 5.75 Å². The first kappa shape index (κ1) is 11.8. The third-order valence-electron chi connectivity index (χ3n) is 3.39. The van der Waals surface area contributed by atoms with Crippen LogP contribution in [0.25, 0.3) is 10.9 Å². The SMILES string of the molecule is COc1cccc2c1ccn2CCc1cnn(C)c1. The molecule has 4 heteroatoms. The lowest BCUT2D eigenvalue weighted by Crippen LogP contribution is -1.99. The molecule has 0 aliphatic heterocycles. The number of benzene rings is 1. The fourth-order valence-corrected chi connectivity index (χ4v) is 2.42. The molecular weight excluding hydrogens is 238 g/mol. The van der Waals surface area contributed by atoms with Crippen molar-refractivity contribution >= 4 is 10.9 Å². The number of hydrogen-bond donors (Lipinski definition) is 0. The van der Waals surface area contributed by atoms with Gasteiger partial charge in [-0.2, -0.15) is 5.10 Å². The summed E-state index contributed by atoms with van der Waals surface area (Å²) in [7, 11) is 3.65. The summed E-state index contributed by atoms with van der Waals surface area (Å²) in [6, 6.07) is 8.26. The molecule has 0 saturated heterocycles. The third-order valence-corrected chi connectivity index (χ3v) is 3.39. The fraction of sp³-hybridized carbons (Fsp3) is 0.267. The van der Waals surface area contributed by atoms with E-state index >= 15 is 0 Å². The number of ether oxygens (including phenoxy) is 1. The molecule has 2 heterocycles. The van der Waals surface area contributed by atoms with Crippen LogP contribution in [0.1, 0.15) is 5.56 Å². The smallest absolute Gasteiger partial charge is 0.128 e. The maximum absolute atomic E-state index is 5.38. The topological polar surface area (TPSA) is 32.0 Å². The van der Waals surface area contributed by atoms with Crippen molar-refractivity contribution in [3.05, 3.63) is 48.4 Å². The van der Waals surface area contributed by atoms with Crippen molar-refractivity contribution < 1.29 is 4.74 Å². The maximum atomic E-state index is 5.38. The van der Waals surface area contributed by atoms with Gasteiger partial charge in [0.2, 0.25) is 0 Å². The average Bonchev–Trinajstić information content (AvgIpc) is 3.02. The molecule has 0 bridgehead atoms. The van der Waals surface area contributed by atoms with Crippen LogP contribution in [0.2, 0.25) is 0 Å². The number of hydrogen-bond acceptors (Lipinski definition) is 2. The van der Waals surface area contributed by atoms with Gasteiger partial charge in [0.15, 0.2) is 0 Å². The van der Waals surface area contributed by atoms with Crippen LogP contribution >= 0.6 is 0 Å². The van der Waals surface area contributed by atoms with Gasteiger partial charge in [-0.1, -0.05) is 6.07 Å². The molecule has 19 heavy (non-hydrogen) atoms. The molecule has 0 aliphatic carbocycles. The zero-order chi connectivity index (χ0) is 13.2. The quantitative estimate of drug-likeness (QED) is 0.717. The molecule has 3 rings (SSSR count). The van der Waals surface area contributed by atoms with Crippen LogP contribution in [0.15, 0.2) is 42.9 Å². The second kappa shape index (κ2) is 4.80. The Hall–Kier alpha value is -2.23. The average molecular weight is 255 g/mol. The molecule has 0 spiro atoms. The number of nitrogens with zero attached hydrogens (tertiary/aromatic N) is 3. The zero-order valence-electron chi connectivity index (χ0n) is 11.2. The molecule has 0 amide bonds. The van der Waals surface area contributed by atoms with Crippen molar-refractivity contribution in [2.75, 3.05) is 7.11 Å². The first-order valence-electron chi connectivity index (χ1n) is 6.37. The summed E-state index contributed by atoms with van der Waals surface area (Å²) < 4.78 is 9.47. The predicted octanol–water partition coefficient (Wildman–Crippen LogP) is 2.63. The Morgan fingerprint density at radius 1 is 1.26 bits per heavy atom. The summed E-state index contributed by atoms with van der Waals surface area (Å²) in [6.07, 6.45) is 7.08. The number of methoxy groups -OCH3 is 1. The van der Waals surface area contributed by atoms with Gasteiger partial charge < -0.3 is 9.30 Å². The minimum absolute atomic E-state index is 0.928. The highest BCUT2D eigenvalue weighted by molar-refractivity contribution is 5.86. The largest absolute Gasteiger partial charge is 0.496 e. The highest BCUT2D eigenvalue weighted by Gasteiger charge is 2.06. The van der Waals surface area contributed by atoms with Gasteiger partial charge in [0.25, 0.3) is 0 Å². The van der Waals surface area contributed by atoms with Gasteiger partial charge in [-0.05, 0) is 30.2 Å². The summed E-state index contributed by atoms with van der Waals surface area (Å²) >= 11 is 0. The van der Waals surface area contributed by atoms with Crippen molar-refractivity contribution in [3.63, 3.8) is 0 Å². The van der Waals surface area contributed by atoms with E-state index in [4.69, 9.17) is 4.74 Å². The Labute approximate surface area is 112 Å². The first-order valence-corrected chi connectivity index (χ1v) is 6.37. The van der Waals surface area contributed by atoms with E-state index in [9.17, 15) is 0 Å². The van der Waals surface area contributed by atoms with Crippen LogP contribution < -0.4 is 4.74 Å². The lowest BCUT2D eigenvalue weighted by atomic mass is 10.2. The standard InChI is InChI=1S/C15H17N3O/c1-17-11-12(10-16-17)6-8-18-9-7-13-14(18)4-3-5-15(13)19-2/h3-5,7,9-11H,6,8H2,1-2H3. The highest BCUT2D eigenvalue weighted by Crippen LogP contribution is 2.26. The van der Waals surface area contributed by atoms with Gasteiger partial charge in [-0.3, -0.25) is 4.68 Å². The van der Waals surface area contributed by atoms with Crippen molar-refractivity contribution in [2.24, 2.45) is 7.05 Å². The molecule has 4 nitrogen and oxygen atoms in total. The lowest BCUT2D eigenvalue weighted by Gasteiger charge is -2.06. The predicted molar refractivity (Wildman–Crippen MR) is 75.4 cm³/mol. The normalized spacial score (nSPS) is 11.1. The van der Waals surface area contributed by atoms with Gasteiger partial charge in [-0.25, -0.2) is 0 Å². The van der Waals surface area contributed by atoms with Gasteiger partial charge in [0.1, 0.15) is 5.75 Å². The van der Waals surface area contributed by atoms with Crippen molar-refractivity contribution in [1.29, 1.82) is 0 Å². The van der Waals surface area contributed by atoms with E-state index in [1.807, 2.05) is 30.1 Å². The first-order chi connectivity index (χ1) is 9.28. The Bertz CT molecular complexity index is 696. The summed E-state index contributed by atoms with van der Waals surface area (Å²) in [6.45, 7) is 0.947. The second-order valence-electron chi connectivity index (χ2n) is 4.67. The van der Waals surface area contributed by atoms with E-state index in [0.717, 1.165) is 24.1 Å². The summed E-state index contributed by atoms with van der Waals surface area (Å²) in [4.78, 5) is 0. The van der Waals surface area contributed by atoms with Crippen LogP contribution in [0.5, 0.6) is 5.75 Å². The Balaban J connectivity index is 1.85. The van der Waals surface area contributed by atoms with E-state index in [1.165, 1.54) is 11.1 Å². The molecule has 98 valence electrons. The molecule has 2 aromatic heterocycles. The van der Waals surface area contributed by atoms with Gasteiger partial charge in [-0.15, -0.1) is 0 Å². The molecule has 0 N–H and O–H groups in total. The Morgan fingerprint density at radius 3 is 2.89 bits per heavy atom. The van der Waals surface area contributed by atoms with E-state index in [1.54, 1.807) is 7.11 Å². The van der Waals surface area contributed by atoms with Crippen molar-refractivity contribution in [1.82, 2.24) is 14.3 Å². The summed E-state index contributed by atoms with van der Waals surface area (Å²) in [5, 5.41) is 5.36. The number of aryl methyl sites for hydroxylation is 3. The number of rotatable bonds is 4. The van der Waals surface area contributed by atoms with Gasteiger partial charge in [0, 0.05) is 31.4 Å². The lowest BCUT2D eigenvalue weighted by molar-refractivity contribution is 0.420. The van der Waals surface area contributed by atoms with Gasteiger partial charge in [0.05, 0.1) is 18.8 Å². The van der Waals surface area contributed by atoms with Gasteiger partial charge >= 0.3 is 0 Å². The molecule has 0 unspecified atom stereocenters. The third kappa shape index (κ3) is 2.21. The minimum atomic E-state index is 0.928. The summed E-state index contributed by atoms with van der Waals surface area (Å²) in [5.74, 6) is 0.928. The molecule has 3 aromatic rings. The zero-order valence-corrected chi connectivity index (χ0v) is 11.2. The van der Waals surface area contributed by atoms with Crippen LogP contribution in [-0.2, 0) is 20.0 Å². The molecule has 0 fully saturated rings. The molecule has 0 aliphatic rings. The number of aromatic nitrogens is 3. The van der Waals surface area contributed by atoms with E-state index in [-0.39, 0.29) is 0 Å². The molecule has 1 aromatic carbocycles. The second-order valence-corrected chi connectivity index (χ2v) is 4.67. The van der Waals surface area contributed by atoms with Crippen molar-refractivity contribution in [2.45, 2.75) is 13.0 Å². The fourth-order valence-electron chi connectivity index (χ4n) is 2.42. The monoisotopic (exact) mass is 255 g/mol. The van der Waals surface area contributed by atoms with Crippen LogP contribution in [0.3, 0.4) is 0 Å². The Kier molecular flexibility index (Phi) is 2.99. The minimum Gasteiger partial charge on any atom is -0.496 e. The summed E-state index contributed by atoms with van der Waals surface area (Å²) in [5.41, 5.74) is 2.47. The van der Waals surface area contributed by atoms with E-state index in [2.05, 4.69) is 34.2 Å².